The lowest BCUT2D eigenvalue weighted by Gasteiger charge is -2.05. The summed E-state index contributed by atoms with van der Waals surface area (Å²) in [6, 6.07) is 38.7. The zero-order valence-electron chi connectivity index (χ0n) is 22.9. The average molecular weight is 553 g/mol. The van der Waals surface area contributed by atoms with Crippen LogP contribution in [-0.4, -0.2) is 11.8 Å². The van der Waals surface area contributed by atoms with E-state index in [1.165, 1.54) is 0 Å². The Morgan fingerprint density at radius 2 is 0.881 bits per heavy atom. The maximum Gasteiger partial charge on any atom is 0.248 e. The molecule has 6 aromatic rings. The molecule has 2 amide bonds. The Bertz CT molecular complexity index is 1870. The van der Waals surface area contributed by atoms with Crippen molar-refractivity contribution in [3.8, 4) is 22.3 Å². The smallest absolute Gasteiger partial charge is 0.248 e. The summed E-state index contributed by atoms with van der Waals surface area (Å²) in [5.74, 6) is -0.599. The fourth-order valence-electron chi connectivity index (χ4n) is 4.84. The summed E-state index contributed by atoms with van der Waals surface area (Å²) in [6.45, 7) is 0. The first-order valence-corrected chi connectivity index (χ1v) is 14.0. The molecule has 4 aromatic carbocycles. The number of hydrogen-bond acceptors (Lipinski definition) is 4. The molecule has 0 aliphatic carbocycles. The van der Waals surface area contributed by atoms with Gasteiger partial charge in [0.05, 0.1) is 0 Å². The van der Waals surface area contributed by atoms with Crippen LogP contribution >= 0.6 is 0 Å². The Morgan fingerprint density at radius 1 is 0.500 bits per heavy atom. The van der Waals surface area contributed by atoms with Crippen LogP contribution in [0.5, 0.6) is 0 Å². The third-order valence-electron chi connectivity index (χ3n) is 6.97. The van der Waals surface area contributed by atoms with Gasteiger partial charge in [0.1, 0.15) is 11.2 Å². The zero-order valence-corrected chi connectivity index (χ0v) is 22.9. The molecule has 0 fully saturated rings. The molecule has 0 radical (unpaired) electrons. The molecule has 6 nitrogen and oxygen atoms in total. The number of rotatable bonds is 7. The number of unbranched alkanes of at least 4 members (excludes halogenated alkanes) is 1. The maximum absolute atomic E-state index is 12.8. The van der Waals surface area contributed by atoms with Crippen molar-refractivity contribution in [1.29, 1.82) is 0 Å². The van der Waals surface area contributed by atoms with Crippen molar-refractivity contribution in [2.75, 3.05) is 0 Å². The molecule has 2 aromatic heterocycles. The molecule has 0 N–H and O–H groups in total. The van der Waals surface area contributed by atoms with Crippen LogP contribution in [0.1, 0.15) is 25.7 Å². The van der Waals surface area contributed by atoms with Gasteiger partial charge >= 0.3 is 0 Å². The highest BCUT2D eigenvalue weighted by Gasteiger charge is 2.11. The Labute approximate surface area is 242 Å². The van der Waals surface area contributed by atoms with Gasteiger partial charge in [0.2, 0.25) is 22.9 Å². The zero-order chi connectivity index (χ0) is 28.7. The summed E-state index contributed by atoms with van der Waals surface area (Å²) in [6.07, 6.45) is 1.38. The number of hydrogen-bond donors (Lipinski definition) is 0. The lowest BCUT2D eigenvalue weighted by molar-refractivity contribution is -0.120. The molecule has 0 saturated heterocycles. The van der Waals surface area contributed by atoms with Gasteiger partial charge < -0.3 is 8.83 Å². The molecule has 0 atom stereocenters. The molecule has 0 saturated carbocycles. The molecule has 0 aliphatic rings. The van der Waals surface area contributed by atoms with Crippen molar-refractivity contribution in [1.82, 2.24) is 0 Å². The molecule has 6 rings (SSSR count). The fourth-order valence-corrected chi connectivity index (χ4v) is 4.84. The van der Waals surface area contributed by atoms with Gasteiger partial charge in [0.25, 0.3) is 0 Å². The maximum atomic E-state index is 12.8. The van der Waals surface area contributed by atoms with Crippen LogP contribution in [0.4, 0.5) is 0 Å². The number of amides is 2. The lowest BCUT2D eigenvalue weighted by Crippen LogP contribution is -2.11. The topological polar surface area (TPSA) is 85.1 Å². The van der Waals surface area contributed by atoms with E-state index in [4.69, 9.17) is 8.83 Å². The van der Waals surface area contributed by atoms with Crippen molar-refractivity contribution < 1.29 is 18.4 Å². The van der Waals surface area contributed by atoms with Crippen molar-refractivity contribution in [2.24, 2.45) is 9.98 Å². The summed E-state index contributed by atoms with van der Waals surface area (Å²) in [7, 11) is 0. The number of carbonyl (C=O) groups is 2. The van der Waals surface area contributed by atoms with Crippen LogP contribution in [0.15, 0.2) is 140 Å². The van der Waals surface area contributed by atoms with Crippen LogP contribution in [0.25, 0.3) is 44.2 Å². The molecular formula is C36H28N2O4. The summed E-state index contributed by atoms with van der Waals surface area (Å²) < 4.78 is 12.1. The van der Waals surface area contributed by atoms with E-state index in [1.807, 2.05) is 121 Å². The van der Waals surface area contributed by atoms with Crippen molar-refractivity contribution >= 4 is 33.8 Å². The van der Waals surface area contributed by atoms with Crippen LogP contribution in [0.2, 0.25) is 0 Å². The normalized spacial score (nSPS) is 12.2. The second-order valence-electron chi connectivity index (χ2n) is 9.96. The molecule has 2 heterocycles. The van der Waals surface area contributed by atoms with E-state index in [0.29, 0.717) is 24.0 Å². The van der Waals surface area contributed by atoms with Crippen LogP contribution < -0.4 is 11.1 Å². The van der Waals surface area contributed by atoms with Crippen molar-refractivity contribution in [3.63, 3.8) is 0 Å². The minimum absolute atomic E-state index is 0.194. The first-order valence-electron chi connectivity index (χ1n) is 14.0. The van der Waals surface area contributed by atoms with Gasteiger partial charge in [-0.05, 0) is 48.2 Å². The van der Waals surface area contributed by atoms with E-state index in [0.717, 1.165) is 33.0 Å². The molecule has 0 spiro atoms. The molecule has 0 bridgehead atoms. The molecule has 0 unspecified atom stereocenters. The molecular weight excluding hydrogens is 524 g/mol. The predicted molar refractivity (Wildman–Crippen MR) is 163 cm³/mol. The first-order chi connectivity index (χ1) is 20.6. The monoisotopic (exact) mass is 552 g/mol. The van der Waals surface area contributed by atoms with E-state index < -0.39 is 0 Å². The summed E-state index contributed by atoms with van der Waals surface area (Å²) in [5, 5.41) is 1.86. The minimum Gasteiger partial charge on any atom is -0.438 e. The standard InChI is InChI=1S/C36H28N2O4/c39-33(37-35-29(25-13-3-1-4-14-25)23-27-17-7-9-19-31(27)41-35)21-11-12-22-34(40)38-36-30(26-15-5-2-6-16-26)24-28-18-8-10-20-32(28)42-36/h1-10,13-20,23-24H,11-12,21-22H2. The highest BCUT2D eigenvalue weighted by molar-refractivity contribution is 5.84. The largest absolute Gasteiger partial charge is 0.438 e. The summed E-state index contributed by atoms with van der Waals surface area (Å²) in [5.41, 5.74) is 5.22. The minimum atomic E-state index is -0.300. The highest BCUT2D eigenvalue weighted by atomic mass is 16.3. The Hall–Kier alpha value is -5.36. The number of nitrogens with zero attached hydrogens (tertiary/aromatic N) is 2. The molecule has 0 aliphatic heterocycles. The Kier molecular flexibility index (Phi) is 7.95. The molecule has 206 valence electrons. The average Bonchev–Trinajstić information content (AvgIpc) is 3.03. The number of para-hydroxylation sites is 2. The summed E-state index contributed by atoms with van der Waals surface area (Å²) >= 11 is 0. The van der Waals surface area contributed by atoms with Gasteiger partial charge in [-0.25, -0.2) is 0 Å². The van der Waals surface area contributed by atoms with E-state index in [2.05, 4.69) is 9.98 Å². The van der Waals surface area contributed by atoms with Gasteiger partial charge in [-0.15, -0.1) is 0 Å². The highest BCUT2D eigenvalue weighted by Crippen LogP contribution is 2.22. The number of carbonyl (C=O) groups excluding carboxylic acids is 2. The molecule has 6 heteroatoms. The van der Waals surface area contributed by atoms with Crippen molar-refractivity contribution in [2.45, 2.75) is 25.7 Å². The molecule has 42 heavy (non-hydrogen) atoms. The van der Waals surface area contributed by atoms with Gasteiger partial charge in [-0.3, -0.25) is 9.59 Å². The van der Waals surface area contributed by atoms with Gasteiger partial charge in [0, 0.05) is 34.7 Å². The predicted octanol–water partition coefficient (Wildman–Crippen LogP) is 7.63. The summed E-state index contributed by atoms with van der Waals surface area (Å²) in [4.78, 5) is 34.3. The van der Waals surface area contributed by atoms with Crippen LogP contribution in [0.3, 0.4) is 0 Å². The SMILES string of the molecule is O=C(CCCCC(=O)N=c1oc2ccccc2cc1-c1ccccc1)N=c1oc2ccccc2cc1-c1ccccc1. The lowest BCUT2D eigenvalue weighted by atomic mass is 10.1. The van der Waals surface area contributed by atoms with E-state index in [1.54, 1.807) is 0 Å². The number of fused-ring (bicyclic) bond motifs is 2. The quantitative estimate of drug-likeness (QED) is 0.191. The van der Waals surface area contributed by atoms with Crippen molar-refractivity contribution in [3.05, 3.63) is 132 Å². The van der Waals surface area contributed by atoms with E-state index >= 15 is 0 Å². The van der Waals surface area contributed by atoms with Crippen LogP contribution in [0, 0.1) is 0 Å². The Balaban J connectivity index is 1.17. The van der Waals surface area contributed by atoms with E-state index in [9.17, 15) is 9.59 Å². The Morgan fingerprint density at radius 3 is 1.31 bits per heavy atom. The van der Waals surface area contributed by atoms with Crippen LogP contribution in [-0.2, 0) is 9.59 Å². The van der Waals surface area contributed by atoms with Gasteiger partial charge in [0.15, 0.2) is 0 Å². The third-order valence-corrected chi connectivity index (χ3v) is 6.97. The second kappa shape index (κ2) is 12.4. The first kappa shape index (κ1) is 26.8. The number of benzene rings is 4. The van der Waals surface area contributed by atoms with E-state index in [-0.39, 0.29) is 35.8 Å². The van der Waals surface area contributed by atoms with Gasteiger partial charge in [-0.1, -0.05) is 97.1 Å². The third kappa shape index (κ3) is 6.18. The second-order valence-corrected chi connectivity index (χ2v) is 9.96. The van der Waals surface area contributed by atoms with Gasteiger partial charge in [-0.2, -0.15) is 9.98 Å². The fraction of sp³-hybridized carbons (Fsp3) is 0.111.